The van der Waals surface area contributed by atoms with Crippen molar-refractivity contribution in [2.24, 2.45) is 0 Å². The van der Waals surface area contributed by atoms with E-state index in [4.69, 9.17) is 5.11 Å². The fourth-order valence-corrected chi connectivity index (χ4v) is 0.876. The summed E-state index contributed by atoms with van der Waals surface area (Å²) in [6.45, 7) is 5.43. The lowest BCUT2D eigenvalue weighted by atomic mass is 10.2. The average molecular weight is 193 g/mol. The van der Waals surface area contributed by atoms with Crippen LogP contribution in [0.3, 0.4) is 0 Å². The van der Waals surface area contributed by atoms with E-state index in [1.807, 2.05) is 6.92 Å². The van der Waals surface area contributed by atoms with E-state index in [-0.39, 0.29) is 11.6 Å². The molecule has 5 nitrogen and oxygen atoms in total. The monoisotopic (exact) mass is 193 g/mol. The van der Waals surface area contributed by atoms with Crippen LogP contribution in [0, 0.1) is 0 Å². The zero-order valence-corrected chi connectivity index (χ0v) is 7.77. The number of carbonyl (C=O) groups is 1. The fraction of sp³-hybridized carbons (Fsp3) is 0.222. The maximum Gasteiger partial charge on any atom is 0.341 e. The van der Waals surface area contributed by atoms with Crippen LogP contribution in [-0.2, 0) is 0 Å². The Morgan fingerprint density at radius 2 is 2.50 bits per heavy atom. The Morgan fingerprint density at radius 3 is 3.07 bits per heavy atom. The summed E-state index contributed by atoms with van der Waals surface area (Å²) in [7, 11) is 0. The number of aromatic carboxylic acids is 1. The summed E-state index contributed by atoms with van der Waals surface area (Å²) in [5.74, 6) is -0.746. The van der Waals surface area contributed by atoms with Crippen molar-refractivity contribution in [3.8, 4) is 0 Å². The lowest BCUT2D eigenvalue weighted by Crippen LogP contribution is -2.16. The molecule has 2 N–H and O–H groups in total. The van der Waals surface area contributed by atoms with Crippen molar-refractivity contribution in [1.29, 1.82) is 0 Å². The lowest BCUT2D eigenvalue weighted by Gasteiger charge is -2.10. The van der Waals surface area contributed by atoms with Crippen LogP contribution >= 0.6 is 0 Å². The molecule has 5 heteroatoms. The first kappa shape index (κ1) is 10.2. The number of aromatic nitrogens is 2. The largest absolute Gasteiger partial charge is 0.477 e. The highest BCUT2D eigenvalue weighted by Gasteiger charge is 2.11. The zero-order chi connectivity index (χ0) is 10.6. The number of hydrogen-bond acceptors (Lipinski definition) is 4. The van der Waals surface area contributed by atoms with Crippen molar-refractivity contribution in [1.82, 2.24) is 9.97 Å². The minimum atomic E-state index is -1.05. The molecule has 0 radical (unpaired) electrons. The van der Waals surface area contributed by atoms with Gasteiger partial charge in [0.1, 0.15) is 17.7 Å². The summed E-state index contributed by atoms with van der Waals surface area (Å²) in [6.07, 6.45) is 4.21. The minimum absolute atomic E-state index is 0.0389. The third-order valence-electron chi connectivity index (χ3n) is 1.66. The minimum Gasteiger partial charge on any atom is -0.477 e. The predicted octanol–water partition coefficient (Wildman–Crippen LogP) is 1.16. The van der Waals surface area contributed by atoms with Crippen LogP contribution in [-0.4, -0.2) is 27.1 Å². The normalized spacial score (nSPS) is 11.8. The Balaban J connectivity index is 2.95. The van der Waals surface area contributed by atoms with Gasteiger partial charge < -0.3 is 10.4 Å². The molecule has 1 rings (SSSR count). The zero-order valence-electron chi connectivity index (χ0n) is 7.77. The van der Waals surface area contributed by atoms with E-state index in [9.17, 15) is 4.79 Å². The van der Waals surface area contributed by atoms with E-state index in [1.165, 1.54) is 12.5 Å². The lowest BCUT2D eigenvalue weighted by molar-refractivity contribution is 0.0697. The van der Waals surface area contributed by atoms with Gasteiger partial charge in [0.15, 0.2) is 0 Å². The van der Waals surface area contributed by atoms with E-state index < -0.39 is 5.97 Å². The molecule has 0 amide bonds. The van der Waals surface area contributed by atoms with Crippen molar-refractivity contribution < 1.29 is 9.90 Å². The van der Waals surface area contributed by atoms with Crippen LogP contribution < -0.4 is 5.32 Å². The van der Waals surface area contributed by atoms with Gasteiger partial charge in [-0.25, -0.2) is 14.8 Å². The Hall–Kier alpha value is -1.91. The highest BCUT2D eigenvalue weighted by atomic mass is 16.4. The number of rotatable bonds is 4. The molecular formula is C9H11N3O2. The van der Waals surface area contributed by atoms with Gasteiger partial charge in [0.05, 0.1) is 0 Å². The number of nitrogens with one attached hydrogen (secondary N) is 1. The van der Waals surface area contributed by atoms with E-state index in [0.717, 1.165) is 0 Å². The first-order valence-electron chi connectivity index (χ1n) is 4.07. The van der Waals surface area contributed by atoms with Gasteiger partial charge in [0.2, 0.25) is 0 Å². The van der Waals surface area contributed by atoms with Crippen molar-refractivity contribution >= 4 is 11.8 Å². The molecule has 0 aliphatic rings. The number of nitrogens with zero attached hydrogens (tertiary/aromatic N) is 2. The van der Waals surface area contributed by atoms with Gasteiger partial charge in [-0.15, -0.1) is 6.58 Å². The van der Waals surface area contributed by atoms with Gasteiger partial charge in [-0.3, -0.25) is 0 Å². The molecule has 0 aliphatic carbocycles. The standard InChI is InChI=1S/C9H11N3O2/c1-3-6(2)12-8-7(9(13)14)4-10-5-11-8/h3-6H,1H2,2H3,(H,13,14)(H,10,11,12). The molecule has 0 aliphatic heterocycles. The molecule has 1 aromatic heterocycles. The molecule has 0 aromatic carbocycles. The molecule has 0 fully saturated rings. The quantitative estimate of drug-likeness (QED) is 0.702. The Bertz CT molecular complexity index is 352. The highest BCUT2D eigenvalue weighted by molar-refractivity contribution is 5.92. The molecule has 1 heterocycles. The van der Waals surface area contributed by atoms with Crippen LogP contribution in [0.1, 0.15) is 17.3 Å². The second-order valence-electron chi connectivity index (χ2n) is 2.76. The van der Waals surface area contributed by atoms with E-state index in [0.29, 0.717) is 5.82 Å². The number of carboxylic acid groups (broad SMARTS) is 1. The van der Waals surface area contributed by atoms with Gasteiger partial charge in [-0.05, 0) is 6.92 Å². The summed E-state index contributed by atoms with van der Waals surface area (Å²) in [5.41, 5.74) is 0.0567. The van der Waals surface area contributed by atoms with E-state index >= 15 is 0 Å². The Morgan fingerprint density at radius 1 is 1.79 bits per heavy atom. The van der Waals surface area contributed by atoms with Crippen LogP contribution in [0.5, 0.6) is 0 Å². The van der Waals surface area contributed by atoms with Crippen molar-refractivity contribution in [3.63, 3.8) is 0 Å². The van der Waals surface area contributed by atoms with Gasteiger partial charge >= 0.3 is 5.97 Å². The second-order valence-corrected chi connectivity index (χ2v) is 2.76. The third kappa shape index (κ3) is 2.29. The average Bonchev–Trinajstić information content (AvgIpc) is 2.18. The molecular weight excluding hydrogens is 182 g/mol. The van der Waals surface area contributed by atoms with Gasteiger partial charge in [-0.1, -0.05) is 6.08 Å². The van der Waals surface area contributed by atoms with Gasteiger partial charge in [0, 0.05) is 12.2 Å². The molecule has 74 valence electrons. The third-order valence-corrected chi connectivity index (χ3v) is 1.66. The summed E-state index contributed by atoms with van der Waals surface area (Å²) < 4.78 is 0. The number of carboxylic acids is 1. The smallest absolute Gasteiger partial charge is 0.341 e. The van der Waals surface area contributed by atoms with Gasteiger partial charge in [0.25, 0.3) is 0 Å². The summed E-state index contributed by atoms with van der Waals surface area (Å²) in [5, 5.41) is 11.7. The Labute approximate surface area is 81.5 Å². The molecule has 1 unspecified atom stereocenters. The maximum atomic E-state index is 10.7. The topological polar surface area (TPSA) is 75.1 Å². The van der Waals surface area contributed by atoms with E-state index in [2.05, 4.69) is 21.9 Å². The fourth-order valence-electron chi connectivity index (χ4n) is 0.876. The van der Waals surface area contributed by atoms with Crippen LogP contribution in [0.15, 0.2) is 25.2 Å². The number of anilines is 1. The van der Waals surface area contributed by atoms with Crippen molar-refractivity contribution in [3.05, 3.63) is 30.7 Å². The summed E-state index contributed by atoms with van der Waals surface area (Å²) >= 11 is 0. The highest BCUT2D eigenvalue weighted by Crippen LogP contribution is 2.10. The summed E-state index contributed by atoms with van der Waals surface area (Å²) in [4.78, 5) is 18.2. The molecule has 0 bridgehead atoms. The second kappa shape index (κ2) is 4.36. The predicted molar refractivity (Wildman–Crippen MR) is 52.3 cm³/mol. The molecule has 1 aromatic rings. The molecule has 0 saturated heterocycles. The first-order valence-corrected chi connectivity index (χ1v) is 4.07. The molecule has 0 spiro atoms. The molecule has 14 heavy (non-hydrogen) atoms. The van der Waals surface area contributed by atoms with E-state index in [1.54, 1.807) is 6.08 Å². The van der Waals surface area contributed by atoms with Crippen molar-refractivity contribution in [2.75, 3.05) is 5.32 Å². The van der Waals surface area contributed by atoms with Crippen LogP contribution in [0.25, 0.3) is 0 Å². The van der Waals surface area contributed by atoms with Crippen LogP contribution in [0.4, 0.5) is 5.82 Å². The Kier molecular flexibility index (Phi) is 3.17. The molecule has 1 atom stereocenters. The SMILES string of the molecule is C=CC(C)Nc1ncncc1C(=O)O. The van der Waals surface area contributed by atoms with Crippen molar-refractivity contribution in [2.45, 2.75) is 13.0 Å². The van der Waals surface area contributed by atoms with Crippen LogP contribution in [0.2, 0.25) is 0 Å². The first-order chi connectivity index (χ1) is 6.65. The number of hydrogen-bond donors (Lipinski definition) is 2. The molecule has 0 saturated carbocycles. The summed E-state index contributed by atoms with van der Waals surface area (Å²) in [6, 6.07) is -0.0389. The maximum absolute atomic E-state index is 10.7. The van der Waals surface area contributed by atoms with Gasteiger partial charge in [-0.2, -0.15) is 0 Å².